The van der Waals surface area contributed by atoms with Crippen LogP contribution in [0.2, 0.25) is 0 Å². The van der Waals surface area contributed by atoms with Crippen molar-refractivity contribution in [2.24, 2.45) is 5.84 Å². The minimum Gasteiger partial charge on any atom is -0.481 e. The van der Waals surface area contributed by atoms with Crippen molar-refractivity contribution in [1.29, 1.82) is 0 Å². The number of nitrogens with two attached hydrogens (primary N) is 1. The van der Waals surface area contributed by atoms with E-state index in [1.807, 2.05) is 0 Å². The summed E-state index contributed by atoms with van der Waals surface area (Å²) in [5.41, 5.74) is 0.322. The summed E-state index contributed by atoms with van der Waals surface area (Å²) in [5.74, 6) is 5.21. The molecule has 0 saturated carbocycles. The Morgan fingerprint density at radius 3 is 3.00 bits per heavy atom. The van der Waals surface area contributed by atoms with Gasteiger partial charge in [-0.15, -0.1) is 0 Å². The van der Waals surface area contributed by atoms with Crippen molar-refractivity contribution in [1.82, 2.24) is 15.2 Å². The van der Waals surface area contributed by atoms with Gasteiger partial charge in [-0.1, -0.05) is 0 Å². The number of hydrogen-bond acceptors (Lipinski definition) is 4. The van der Waals surface area contributed by atoms with Crippen molar-refractivity contribution in [3.05, 3.63) is 11.8 Å². The molecule has 0 bridgehead atoms. The lowest BCUT2D eigenvalue weighted by Gasteiger charge is -2.08. The first kappa shape index (κ1) is 8.54. The van der Waals surface area contributed by atoms with Crippen LogP contribution < -0.4 is 10.6 Å². The van der Waals surface area contributed by atoms with Gasteiger partial charge in [0.15, 0.2) is 0 Å². The molecule has 1 aromatic heterocycles. The van der Waals surface area contributed by atoms with Crippen molar-refractivity contribution >= 4 is 5.91 Å². The summed E-state index contributed by atoms with van der Waals surface area (Å²) < 4.78 is 4.84. The zero-order valence-corrected chi connectivity index (χ0v) is 6.87. The highest BCUT2D eigenvalue weighted by Crippen LogP contribution is 2.13. The van der Waals surface area contributed by atoms with Gasteiger partial charge >= 0.3 is 0 Å². The quantitative estimate of drug-likeness (QED) is 0.351. The van der Waals surface area contributed by atoms with Gasteiger partial charge in [0.2, 0.25) is 5.88 Å². The number of hydrazine groups is 1. The molecule has 0 atom stereocenters. The third-order valence-corrected chi connectivity index (χ3v) is 1.36. The molecule has 3 N–H and O–H groups in total. The number of rotatable bonds is 2. The number of nitrogens with one attached hydrogen (secondary N) is 1. The maximum absolute atomic E-state index is 11.2. The van der Waals surface area contributed by atoms with Crippen molar-refractivity contribution in [2.75, 3.05) is 14.2 Å². The highest BCUT2D eigenvalue weighted by atomic mass is 16.5. The summed E-state index contributed by atoms with van der Waals surface area (Å²) in [5, 5.41) is 7.12. The van der Waals surface area contributed by atoms with Crippen molar-refractivity contribution in [3.8, 4) is 5.88 Å². The maximum atomic E-state index is 11.2. The van der Waals surface area contributed by atoms with Crippen LogP contribution in [0.1, 0.15) is 10.4 Å². The van der Waals surface area contributed by atoms with Gasteiger partial charge in [0, 0.05) is 7.05 Å². The fourth-order valence-corrected chi connectivity index (χ4v) is 0.772. The molecule has 1 amide bonds. The average molecular weight is 170 g/mol. The first-order valence-electron chi connectivity index (χ1n) is 3.27. The second-order valence-corrected chi connectivity index (χ2v) is 2.23. The number of nitrogens with zero attached hydrogens (tertiary/aromatic N) is 2. The van der Waals surface area contributed by atoms with Gasteiger partial charge in [0.25, 0.3) is 5.91 Å². The van der Waals surface area contributed by atoms with Crippen molar-refractivity contribution in [3.63, 3.8) is 0 Å². The fourth-order valence-electron chi connectivity index (χ4n) is 0.772. The Bertz CT molecular complexity index is 281. The minimum atomic E-state index is -0.347. The second kappa shape index (κ2) is 3.22. The number of carbonyl (C=O) groups is 1. The topological polar surface area (TPSA) is 84.2 Å². The molecular weight excluding hydrogens is 160 g/mol. The summed E-state index contributed by atoms with van der Waals surface area (Å²) in [4.78, 5) is 11.2. The predicted molar refractivity (Wildman–Crippen MR) is 41.4 cm³/mol. The zero-order chi connectivity index (χ0) is 9.14. The Hall–Kier alpha value is -1.56. The first-order valence-corrected chi connectivity index (χ1v) is 3.27. The molecule has 0 saturated heterocycles. The van der Waals surface area contributed by atoms with E-state index < -0.39 is 0 Å². The van der Waals surface area contributed by atoms with Crippen LogP contribution >= 0.6 is 0 Å². The Morgan fingerprint density at radius 2 is 2.50 bits per heavy atom. The standard InChI is InChI=1S/C6H10N4O2/c1-10(7)6(11)4-3-8-9-5(4)12-2/h3H,7H2,1-2H3,(H,8,9). The Morgan fingerprint density at radius 1 is 1.83 bits per heavy atom. The number of methoxy groups -OCH3 is 1. The molecule has 12 heavy (non-hydrogen) atoms. The van der Waals surface area contributed by atoms with Gasteiger partial charge in [0.05, 0.1) is 13.3 Å². The van der Waals surface area contributed by atoms with Gasteiger partial charge in [-0.25, -0.2) is 10.9 Å². The van der Waals surface area contributed by atoms with E-state index >= 15 is 0 Å². The van der Waals surface area contributed by atoms with E-state index in [-0.39, 0.29) is 5.91 Å². The number of amides is 1. The number of ether oxygens (including phenoxy) is 1. The van der Waals surface area contributed by atoms with Crippen LogP contribution in [-0.2, 0) is 0 Å². The predicted octanol–water partition coefficient (Wildman–Crippen LogP) is -0.636. The molecule has 66 valence electrons. The molecule has 0 aromatic carbocycles. The lowest BCUT2D eigenvalue weighted by molar-refractivity contribution is 0.0792. The molecule has 6 nitrogen and oxygen atoms in total. The number of carbonyl (C=O) groups excluding carboxylic acids is 1. The van der Waals surface area contributed by atoms with Gasteiger partial charge in [-0.3, -0.25) is 9.80 Å². The number of aromatic nitrogens is 2. The van der Waals surface area contributed by atoms with Crippen LogP contribution in [0.5, 0.6) is 5.88 Å². The normalized spacial score (nSPS) is 9.58. The van der Waals surface area contributed by atoms with E-state index in [2.05, 4.69) is 10.2 Å². The first-order chi connectivity index (χ1) is 5.66. The number of H-pyrrole nitrogens is 1. The minimum absolute atomic E-state index is 0.317. The Balaban J connectivity index is 2.94. The molecule has 1 rings (SSSR count). The van der Waals surface area contributed by atoms with E-state index in [4.69, 9.17) is 10.6 Å². The fraction of sp³-hybridized carbons (Fsp3) is 0.333. The maximum Gasteiger partial charge on any atom is 0.274 e. The smallest absolute Gasteiger partial charge is 0.274 e. The van der Waals surface area contributed by atoms with Crippen LogP contribution in [0, 0.1) is 0 Å². The van der Waals surface area contributed by atoms with E-state index in [9.17, 15) is 4.79 Å². The molecule has 0 aliphatic heterocycles. The monoisotopic (exact) mass is 170 g/mol. The van der Waals surface area contributed by atoms with Gasteiger partial charge in [0.1, 0.15) is 5.56 Å². The lowest BCUT2D eigenvalue weighted by Crippen LogP contribution is -2.33. The highest BCUT2D eigenvalue weighted by Gasteiger charge is 2.15. The Labute approximate surface area is 69.3 Å². The molecular formula is C6H10N4O2. The molecule has 0 fully saturated rings. The molecule has 1 heterocycles. The molecule has 6 heteroatoms. The van der Waals surface area contributed by atoms with Gasteiger partial charge in [-0.2, -0.15) is 5.10 Å². The van der Waals surface area contributed by atoms with Crippen LogP contribution in [0.3, 0.4) is 0 Å². The van der Waals surface area contributed by atoms with Crippen LogP contribution in [0.25, 0.3) is 0 Å². The third kappa shape index (κ3) is 1.37. The zero-order valence-electron chi connectivity index (χ0n) is 6.87. The van der Waals surface area contributed by atoms with E-state index in [0.717, 1.165) is 5.01 Å². The van der Waals surface area contributed by atoms with Gasteiger partial charge in [-0.05, 0) is 0 Å². The SMILES string of the molecule is COc1[nH]ncc1C(=O)N(C)N. The van der Waals surface area contributed by atoms with Crippen LogP contribution in [0.15, 0.2) is 6.20 Å². The molecule has 0 aliphatic carbocycles. The second-order valence-electron chi connectivity index (χ2n) is 2.23. The molecule has 0 aliphatic rings. The summed E-state index contributed by atoms with van der Waals surface area (Å²) in [6, 6.07) is 0. The summed E-state index contributed by atoms with van der Waals surface area (Å²) in [7, 11) is 2.90. The van der Waals surface area contributed by atoms with Crippen molar-refractivity contribution in [2.45, 2.75) is 0 Å². The average Bonchev–Trinajstić information content (AvgIpc) is 2.49. The van der Waals surface area contributed by atoms with E-state index in [0.29, 0.717) is 11.4 Å². The van der Waals surface area contributed by atoms with E-state index in [1.54, 1.807) is 0 Å². The molecule has 0 radical (unpaired) electrons. The molecule has 1 aromatic rings. The summed E-state index contributed by atoms with van der Waals surface area (Å²) in [6.45, 7) is 0. The van der Waals surface area contributed by atoms with Crippen LogP contribution in [-0.4, -0.2) is 35.3 Å². The summed E-state index contributed by atoms with van der Waals surface area (Å²) >= 11 is 0. The Kier molecular flexibility index (Phi) is 2.29. The third-order valence-electron chi connectivity index (χ3n) is 1.36. The molecule has 0 spiro atoms. The largest absolute Gasteiger partial charge is 0.481 e. The lowest BCUT2D eigenvalue weighted by atomic mass is 10.3. The van der Waals surface area contributed by atoms with Gasteiger partial charge < -0.3 is 4.74 Å². The number of hydrogen-bond donors (Lipinski definition) is 2. The highest BCUT2D eigenvalue weighted by molar-refractivity contribution is 5.95. The summed E-state index contributed by atoms with van der Waals surface area (Å²) in [6.07, 6.45) is 1.37. The van der Waals surface area contributed by atoms with Crippen molar-refractivity contribution < 1.29 is 9.53 Å². The van der Waals surface area contributed by atoms with Crippen LogP contribution in [0.4, 0.5) is 0 Å². The number of aromatic amines is 1. The molecule has 0 unspecified atom stereocenters. The van der Waals surface area contributed by atoms with E-state index in [1.165, 1.54) is 20.4 Å².